The second-order valence-corrected chi connectivity index (χ2v) is 5.45. The average Bonchev–Trinajstić information content (AvgIpc) is 1.87. The molecule has 0 atom stereocenters. The molecular weight excluding hydrogens is 144 g/mol. The molecule has 0 fully saturated rings. The van der Waals surface area contributed by atoms with Gasteiger partial charge in [0.1, 0.15) is 0 Å². The molecule has 0 aliphatic rings. The summed E-state index contributed by atoms with van der Waals surface area (Å²) in [6.45, 7) is 20.2. The predicted octanol–water partition coefficient (Wildman–Crippen LogP) is 4.74. The Morgan fingerprint density at radius 3 is 0.833 bits per heavy atom. The fourth-order valence-corrected chi connectivity index (χ4v) is 1.30. The summed E-state index contributed by atoms with van der Waals surface area (Å²) in [5, 5.41) is 0. The summed E-state index contributed by atoms with van der Waals surface area (Å²) in [6, 6.07) is 0. The first-order valence-electron chi connectivity index (χ1n) is 5.15. The Morgan fingerprint density at radius 1 is 0.667 bits per heavy atom. The maximum Gasteiger partial charge on any atom is -0.0345 e. The van der Waals surface area contributed by atoms with Crippen LogP contribution in [0.1, 0.15) is 62.3 Å². The number of hydrogen-bond donors (Lipinski definition) is 0. The topological polar surface area (TPSA) is 0 Å². The van der Waals surface area contributed by atoms with Crippen LogP contribution in [0.15, 0.2) is 0 Å². The summed E-state index contributed by atoms with van der Waals surface area (Å²) < 4.78 is 0. The van der Waals surface area contributed by atoms with Crippen LogP contribution in [-0.4, -0.2) is 0 Å². The van der Waals surface area contributed by atoms with E-state index in [4.69, 9.17) is 0 Å². The van der Waals surface area contributed by atoms with Crippen LogP contribution >= 0.6 is 0 Å². The molecule has 0 spiro atoms. The Kier molecular flexibility index (Phi) is 5.92. The lowest BCUT2D eigenvalue weighted by Crippen LogP contribution is -2.29. The second kappa shape index (κ2) is 4.89. The van der Waals surface area contributed by atoms with Crippen LogP contribution in [0.4, 0.5) is 0 Å². The fourth-order valence-electron chi connectivity index (χ4n) is 1.30. The predicted molar refractivity (Wildman–Crippen MR) is 59.4 cm³/mol. The molecule has 0 aliphatic heterocycles. The van der Waals surface area contributed by atoms with Gasteiger partial charge in [0.15, 0.2) is 0 Å². The largest absolute Gasteiger partial charge is 0.0683 e. The first kappa shape index (κ1) is 14.5. The van der Waals surface area contributed by atoms with E-state index >= 15 is 0 Å². The zero-order valence-electron chi connectivity index (χ0n) is 10.6. The normalized spacial score (nSPS) is 12.5. The first-order chi connectivity index (χ1) is 5.15. The fraction of sp³-hybridized carbons (Fsp3) is 1.00. The van der Waals surface area contributed by atoms with E-state index in [1.54, 1.807) is 0 Å². The highest BCUT2D eigenvalue weighted by molar-refractivity contribution is 4.79. The van der Waals surface area contributed by atoms with Crippen LogP contribution in [0.25, 0.3) is 0 Å². The smallest absolute Gasteiger partial charge is 0.0345 e. The van der Waals surface area contributed by atoms with Gasteiger partial charge in [-0.05, 0) is 16.7 Å². The molecule has 0 heteroatoms. The highest BCUT2D eigenvalue weighted by Crippen LogP contribution is 2.38. The van der Waals surface area contributed by atoms with Crippen molar-refractivity contribution in [3.63, 3.8) is 0 Å². The summed E-state index contributed by atoms with van der Waals surface area (Å²) in [7, 11) is 0. The Morgan fingerprint density at radius 2 is 0.833 bits per heavy atom. The van der Waals surface area contributed by atoms with E-state index in [0.29, 0.717) is 10.8 Å². The molecule has 0 bridgehead atoms. The molecule has 0 heterocycles. The van der Waals surface area contributed by atoms with Crippen molar-refractivity contribution in [2.24, 2.45) is 16.7 Å². The van der Waals surface area contributed by atoms with Crippen LogP contribution in [0.2, 0.25) is 0 Å². The van der Waals surface area contributed by atoms with Crippen LogP contribution in [0.5, 0.6) is 0 Å². The maximum absolute atomic E-state index is 2.33. The van der Waals surface area contributed by atoms with Gasteiger partial charge in [0.05, 0.1) is 0 Å². The van der Waals surface area contributed by atoms with Gasteiger partial charge in [-0.25, -0.2) is 0 Å². The lowest BCUT2D eigenvalue weighted by Gasteiger charge is -2.38. The van der Waals surface area contributed by atoms with Gasteiger partial charge in [-0.1, -0.05) is 62.3 Å². The van der Waals surface area contributed by atoms with E-state index in [1.165, 1.54) is 0 Å². The molecule has 76 valence electrons. The van der Waals surface area contributed by atoms with Gasteiger partial charge in [0.2, 0.25) is 0 Å². The molecule has 0 aromatic rings. The molecule has 0 radical (unpaired) electrons. The van der Waals surface area contributed by atoms with Gasteiger partial charge in [0, 0.05) is 0 Å². The molecule has 0 unspecified atom stereocenters. The SMILES string of the molecule is CC.CC(C(C)(C)C)C(C)(C)C. The van der Waals surface area contributed by atoms with E-state index < -0.39 is 0 Å². The molecule has 0 aromatic carbocycles. The molecule has 0 aromatic heterocycles. The van der Waals surface area contributed by atoms with Crippen LogP contribution in [0, 0.1) is 16.7 Å². The molecule has 0 saturated heterocycles. The first-order valence-corrected chi connectivity index (χ1v) is 5.15. The van der Waals surface area contributed by atoms with Crippen LogP contribution in [-0.2, 0) is 0 Å². The van der Waals surface area contributed by atoms with E-state index in [2.05, 4.69) is 48.5 Å². The van der Waals surface area contributed by atoms with Crippen LogP contribution < -0.4 is 0 Å². The van der Waals surface area contributed by atoms with Gasteiger partial charge < -0.3 is 0 Å². The molecule has 0 aliphatic carbocycles. The van der Waals surface area contributed by atoms with Crippen molar-refractivity contribution < 1.29 is 0 Å². The second-order valence-electron chi connectivity index (χ2n) is 5.45. The van der Waals surface area contributed by atoms with E-state index in [-0.39, 0.29) is 0 Å². The highest BCUT2D eigenvalue weighted by Gasteiger charge is 2.30. The van der Waals surface area contributed by atoms with E-state index in [0.717, 1.165) is 5.92 Å². The van der Waals surface area contributed by atoms with Crippen molar-refractivity contribution in [3.05, 3.63) is 0 Å². The standard InChI is InChI=1S/C10H22.C2H6/c1-8(9(2,3)4)10(5,6)7;1-2/h8H,1-7H3;1-2H3. The van der Waals surface area contributed by atoms with Gasteiger partial charge in [-0.3, -0.25) is 0 Å². The highest BCUT2D eigenvalue weighted by atomic mass is 14.4. The Bertz CT molecular complexity index is 84.2. The summed E-state index contributed by atoms with van der Waals surface area (Å²) >= 11 is 0. The van der Waals surface area contributed by atoms with Crippen LogP contribution in [0.3, 0.4) is 0 Å². The Hall–Kier alpha value is 0. The average molecular weight is 172 g/mol. The van der Waals surface area contributed by atoms with Gasteiger partial charge >= 0.3 is 0 Å². The minimum atomic E-state index is 0.443. The minimum absolute atomic E-state index is 0.443. The van der Waals surface area contributed by atoms with E-state index in [1.807, 2.05) is 13.8 Å². The third kappa shape index (κ3) is 5.62. The molecule has 0 N–H and O–H groups in total. The number of rotatable bonds is 0. The van der Waals surface area contributed by atoms with Crippen molar-refractivity contribution in [1.29, 1.82) is 0 Å². The Balaban J connectivity index is 0. The third-order valence-electron chi connectivity index (χ3n) is 2.60. The van der Waals surface area contributed by atoms with Gasteiger partial charge in [0.25, 0.3) is 0 Å². The van der Waals surface area contributed by atoms with Gasteiger partial charge in [-0.15, -0.1) is 0 Å². The molecular formula is C12H28. The van der Waals surface area contributed by atoms with Crippen molar-refractivity contribution in [2.75, 3.05) is 0 Å². The third-order valence-corrected chi connectivity index (χ3v) is 2.60. The lowest BCUT2D eigenvalue weighted by atomic mass is 9.68. The molecule has 0 amide bonds. The molecule has 12 heavy (non-hydrogen) atoms. The van der Waals surface area contributed by atoms with E-state index in [9.17, 15) is 0 Å². The van der Waals surface area contributed by atoms with Gasteiger partial charge in [-0.2, -0.15) is 0 Å². The van der Waals surface area contributed by atoms with Crippen molar-refractivity contribution in [1.82, 2.24) is 0 Å². The summed E-state index contributed by atoms with van der Waals surface area (Å²) in [6.07, 6.45) is 0. The summed E-state index contributed by atoms with van der Waals surface area (Å²) in [5.74, 6) is 0.764. The van der Waals surface area contributed by atoms with Crippen molar-refractivity contribution >= 4 is 0 Å². The summed E-state index contributed by atoms with van der Waals surface area (Å²) in [5.41, 5.74) is 0.885. The lowest BCUT2D eigenvalue weighted by molar-refractivity contribution is 0.121. The quantitative estimate of drug-likeness (QED) is 0.495. The minimum Gasteiger partial charge on any atom is -0.0683 e. The molecule has 0 rings (SSSR count). The summed E-state index contributed by atoms with van der Waals surface area (Å²) in [4.78, 5) is 0. The van der Waals surface area contributed by atoms with Crippen molar-refractivity contribution in [2.45, 2.75) is 62.3 Å². The monoisotopic (exact) mass is 172 g/mol. The zero-order valence-corrected chi connectivity index (χ0v) is 10.6. The molecule has 0 nitrogen and oxygen atoms in total. The maximum atomic E-state index is 2.33. The molecule has 0 saturated carbocycles. The number of hydrogen-bond acceptors (Lipinski definition) is 0. The Labute approximate surface area is 79.8 Å². The van der Waals surface area contributed by atoms with Crippen molar-refractivity contribution in [3.8, 4) is 0 Å². The zero-order chi connectivity index (χ0) is 10.6.